The number of amides is 2. The summed E-state index contributed by atoms with van der Waals surface area (Å²) in [5.74, 6) is -0.626. The van der Waals surface area contributed by atoms with E-state index in [1.807, 2.05) is 0 Å². The van der Waals surface area contributed by atoms with Crippen molar-refractivity contribution >= 4 is 49.4 Å². The molecule has 1 saturated carbocycles. The number of imide groups is 1. The average Bonchev–Trinajstić information content (AvgIpc) is 2.65. The van der Waals surface area contributed by atoms with E-state index in [0.29, 0.717) is 18.5 Å². The van der Waals surface area contributed by atoms with Crippen molar-refractivity contribution in [3.8, 4) is 5.75 Å². The molecular weight excluding hydrogens is 390 g/mol. The molecule has 1 aliphatic carbocycles. The monoisotopic (exact) mass is 401 g/mol. The molecular formula is C14H13Br2NO3. The van der Waals surface area contributed by atoms with Gasteiger partial charge in [-0.25, -0.2) is 0 Å². The van der Waals surface area contributed by atoms with E-state index < -0.39 is 0 Å². The number of rotatable bonds is 1. The van der Waals surface area contributed by atoms with Gasteiger partial charge in [0.15, 0.2) is 0 Å². The molecule has 106 valence electrons. The first-order valence-electron chi connectivity index (χ1n) is 6.44. The zero-order valence-electron chi connectivity index (χ0n) is 10.5. The highest BCUT2D eigenvalue weighted by atomic mass is 79.9. The highest BCUT2D eigenvalue weighted by Crippen LogP contribution is 2.44. The first-order chi connectivity index (χ1) is 9.49. The van der Waals surface area contributed by atoms with Gasteiger partial charge in [-0.2, -0.15) is 0 Å². The van der Waals surface area contributed by atoms with E-state index in [1.165, 1.54) is 17.0 Å². The summed E-state index contributed by atoms with van der Waals surface area (Å²) in [5.41, 5.74) is 0.532. The zero-order chi connectivity index (χ0) is 14.4. The minimum Gasteiger partial charge on any atom is -0.508 e. The maximum absolute atomic E-state index is 12.5. The van der Waals surface area contributed by atoms with Gasteiger partial charge in [-0.1, -0.05) is 31.9 Å². The molecule has 2 fully saturated rings. The number of alkyl halides is 2. The summed E-state index contributed by atoms with van der Waals surface area (Å²) in [7, 11) is 0. The second-order valence-electron chi connectivity index (χ2n) is 5.24. The van der Waals surface area contributed by atoms with Gasteiger partial charge in [-0.15, -0.1) is 0 Å². The topological polar surface area (TPSA) is 57.6 Å². The molecule has 4 atom stereocenters. The van der Waals surface area contributed by atoms with Crippen LogP contribution in [0.25, 0.3) is 0 Å². The fraction of sp³-hybridized carbons (Fsp3) is 0.429. The molecule has 1 heterocycles. The molecule has 0 radical (unpaired) electrons. The third kappa shape index (κ3) is 2.19. The molecule has 6 heteroatoms. The van der Waals surface area contributed by atoms with E-state index in [-0.39, 0.29) is 39.1 Å². The Bertz CT molecular complexity index is 532. The van der Waals surface area contributed by atoms with Crippen LogP contribution in [0.2, 0.25) is 0 Å². The number of aromatic hydroxyl groups is 1. The van der Waals surface area contributed by atoms with Crippen molar-refractivity contribution in [3.05, 3.63) is 24.3 Å². The number of hydrogen-bond acceptors (Lipinski definition) is 3. The summed E-state index contributed by atoms with van der Waals surface area (Å²) in [6, 6.07) is 6.16. The second kappa shape index (κ2) is 5.15. The van der Waals surface area contributed by atoms with Crippen LogP contribution in [0.4, 0.5) is 5.69 Å². The zero-order valence-corrected chi connectivity index (χ0v) is 13.7. The highest BCUT2D eigenvalue weighted by molar-refractivity contribution is 9.12. The number of phenolic OH excluding ortho intramolecular Hbond substituents is 1. The van der Waals surface area contributed by atoms with Crippen molar-refractivity contribution in [2.24, 2.45) is 11.8 Å². The van der Waals surface area contributed by atoms with Crippen LogP contribution >= 0.6 is 31.9 Å². The Hall–Kier alpha value is -0.880. The van der Waals surface area contributed by atoms with E-state index in [0.717, 1.165) is 0 Å². The lowest BCUT2D eigenvalue weighted by Gasteiger charge is -2.29. The Morgan fingerprint density at radius 2 is 1.40 bits per heavy atom. The molecule has 20 heavy (non-hydrogen) atoms. The summed E-state index contributed by atoms with van der Waals surface area (Å²) in [6.45, 7) is 0. The number of hydrogen-bond donors (Lipinski definition) is 1. The van der Waals surface area contributed by atoms with E-state index >= 15 is 0 Å². The molecule has 1 aromatic rings. The van der Waals surface area contributed by atoms with Gasteiger partial charge >= 0.3 is 0 Å². The number of fused-ring (bicyclic) bond motifs is 1. The lowest BCUT2D eigenvalue weighted by molar-refractivity contribution is -0.122. The van der Waals surface area contributed by atoms with Crippen LogP contribution in [-0.2, 0) is 9.59 Å². The minimum atomic E-state index is -0.241. The van der Waals surface area contributed by atoms with Gasteiger partial charge in [0.1, 0.15) is 5.75 Å². The Labute approximate surface area is 133 Å². The first-order valence-corrected chi connectivity index (χ1v) is 8.27. The molecule has 0 bridgehead atoms. The van der Waals surface area contributed by atoms with E-state index in [1.54, 1.807) is 12.1 Å². The predicted molar refractivity (Wildman–Crippen MR) is 82.2 cm³/mol. The largest absolute Gasteiger partial charge is 0.508 e. The maximum Gasteiger partial charge on any atom is 0.237 e. The molecule has 0 unspecified atom stereocenters. The van der Waals surface area contributed by atoms with E-state index in [9.17, 15) is 14.7 Å². The van der Waals surface area contributed by atoms with Crippen LogP contribution < -0.4 is 4.90 Å². The quantitative estimate of drug-likeness (QED) is 0.580. The molecule has 2 aliphatic rings. The molecule has 4 nitrogen and oxygen atoms in total. The molecule has 0 spiro atoms. The third-order valence-corrected chi connectivity index (χ3v) is 6.75. The summed E-state index contributed by atoms with van der Waals surface area (Å²) in [4.78, 5) is 26.7. The van der Waals surface area contributed by atoms with Gasteiger partial charge in [0.2, 0.25) is 11.8 Å². The van der Waals surface area contributed by atoms with Crippen molar-refractivity contribution in [3.63, 3.8) is 0 Å². The second-order valence-corrected chi connectivity index (χ2v) is 7.60. The van der Waals surface area contributed by atoms with Gasteiger partial charge in [0, 0.05) is 9.65 Å². The van der Waals surface area contributed by atoms with E-state index in [4.69, 9.17) is 0 Å². The van der Waals surface area contributed by atoms with Gasteiger partial charge in [0.25, 0.3) is 0 Å². The molecule has 0 aromatic heterocycles. The molecule has 1 aliphatic heterocycles. The predicted octanol–water partition coefficient (Wildman–Crippen LogP) is 2.82. The summed E-state index contributed by atoms with van der Waals surface area (Å²) >= 11 is 7.12. The minimum absolute atomic E-state index is 0.117. The van der Waals surface area contributed by atoms with Crippen LogP contribution in [-0.4, -0.2) is 26.6 Å². The van der Waals surface area contributed by atoms with Crippen LogP contribution in [0, 0.1) is 11.8 Å². The normalized spacial score (nSPS) is 33.4. The molecule has 1 N–H and O–H groups in total. The highest BCUT2D eigenvalue weighted by Gasteiger charge is 2.52. The lowest BCUT2D eigenvalue weighted by Crippen LogP contribution is -2.34. The Morgan fingerprint density at radius 3 is 1.85 bits per heavy atom. The SMILES string of the molecule is O=C1[C@H]2C[C@@H](Br)[C@@H](Br)C[C@@H]2C(=O)N1c1ccc(O)cc1. The summed E-state index contributed by atoms with van der Waals surface area (Å²) in [5, 5.41) is 9.31. The van der Waals surface area contributed by atoms with Gasteiger partial charge < -0.3 is 5.11 Å². The van der Waals surface area contributed by atoms with Crippen molar-refractivity contribution in [1.29, 1.82) is 0 Å². The summed E-state index contributed by atoms with van der Waals surface area (Å²) < 4.78 is 0. The lowest BCUT2D eigenvalue weighted by atomic mass is 9.81. The van der Waals surface area contributed by atoms with Crippen LogP contribution in [0.1, 0.15) is 12.8 Å². The van der Waals surface area contributed by atoms with Gasteiger partial charge in [-0.05, 0) is 37.1 Å². The fourth-order valence-corrected chi connectivity index (χ4v) is 4.19. The first kappa shape index (κ1) is 14.1. The van der Waals surface area contributed by atoms with Crippen LogP contribution in [0.3, 0.4) is 0 Å². The van der Waals surface area contributed by atoms with Crippen LogP contribution in [0.15, 0.2) is 24.3 Å². The number of phenols is 1. The number of anilines is 1. The molecule has 1 aromatic carbocycles. The van der Waals surface area contributed by atoms with Crippen LogP contribution in [0.5, 0.6) is 5.75 Å². The number of benzene rings is 1. The Kier molecular flexibility index (Phi) is 3.62. The summed E-state index contributed by atoms with van der Waals surface area (Å²) in [6.07, 6.45) is 1.33. The maximum atomic E-state index is 12.5. The Balaban J connectivity index is 1.93. The van der Waals surface area contributed by atoms with E-state index in [2.05, 4.69) is 31.9 Å². The molecule has 1 saturated heterocycles. The molecule has 3 rings (SSSR count). The fourth-order valence-electron chi connectivity index (χ4n) is 2.95. The number of nitrogens with zero attached hydrogens (tertiary/aromatic N) is 1. The standard InChI is InChI=1S/C14H13Br2NO3/c15-11-5-9-10(6-12(11)16)14(20)17(13(9)19)7-1-3-8(18)4-2-7/h1-4,9-12,18H,5-6H2/t9-,10-,11-,12+/m0/s1. The third-order valence-electron chi connectivity index (χ3n) is 4.02. The smallest absolute Gasteiger partial charge is 0.237 e. The number of halogens is 2. The number of carbonyl (C=O) groups excluding carboxylic acids is 2. The van der Waals surface area contributed by atoms with Gasteiger partial charge in [0.05, 0.1) is 17.5 Å². The Morgan fingerprint density at radius 1 is 0.950 bits per heavy atom. The van der Waals surface area contributed by atoms with Crippen molar-refractivity contribution < 1.29 is 14.7 Å². The average molecular weight is 403 g/mol. The van der Waals surface area contributed by atoms with Crippen molar-refractivity contribution in [2.75, 3.05) is 4.90 Å². The molecule has 2 amide bonds. The number of carbonyl (C=O) groups is 2. The van der Waals surface area contributed by atoms with Crippen molar-refractivity contribution in [2.45, 2.75) is 22.5 Å². The van der Waals surface area contributed by atoms with Crippen molar-refractivity contribution in [1.82, 2.24) is 0 Å². The van der Waals surface area contributed by atoms with Gasteiger partial charge in [-0.3, -0.25) is 14.5 Å².